The maximum Gasteiger partial charge on any atom is 0.263 e. The van der Waals surface area contributed by atoms with E-state index in [-0.39, 0.29) is 41.7 Å². The number of fused-ring (bicyclic) bond motifs is 1. The van der Waals surface area contributed by atoms with Crippen LogP contribution in [-0.2, 0) is 21.4 Å². The summed E-state index contributed by atoms with van der Waals surface area (Å²) in [5, 5.41) is 4.79. The maximum absolute atomic E-state index is 13.8. The van der Waals surface area contributed by atoms with E-state index in [1.165, 1.54) is 43.3 Å². The third kappa shape index (κ3) is 6.16. The van der Waals surface area contributed by atoms with E-state index in [9.17, 15) is 18.0 Å². The number of rotatable bonds is 9. The second-order valence-electron chi connectivity index (χ2n) is 8.54. The highest BCUT2D eigenvalue weighted by Gasteiger charge is 2.36. The number of carbonyl (C=O) groups is 2. The van der Waals surface area contributed by atoms with Crippen molar-refractivity contribution in [3.63, 3.8) is 0 Å². The molecule has 0 bridgehead atoms. The zero-order valence-corrected chi connectivity index (χ0v) is 24.2. The van der Waals surface area contributed by atoms with Crippen LogP contribution in [0.4, 0.5) is 5.69 Å². The van der Waals surface area contributed by atoms with Gasteiger partial charge in [-0.1, -0.05) is 23.2 Å². The number of carbonyl (C=O) groups excluding carboxylic acids is 2. The molecule has 10 nitrogen and oxygen atoms in total. The monoisotopic (exact) mass is 612 g/mol. The summed E-state index contributed by atoms with van der Waals surface area (Å²) >= 11 is 13.7. The Morgan fingerprint density at radius 2 is 1.95 bits per heavy atom. The SMILES string of the molecule is COc1ccc2c(c1)N(C(=O)c1csc(CN(C)S(=O)(=O)c3ccc(Cl)cc3)c1Cl)CC(C(=O)NCCN)O2. The van der Waals surface area contributed by atoms with E-state index in [4.69, 9.17) is 38.4 Å². The first-order valence-corrected chi connectivity index (χ1v) is 14.8. The average molecular weight is 614 g/mol. The summed E-state index contributed by atoms with van der Waals surface area (Å²) in [5.41, 5.74) is 6.07. The van der Waals surface area contributed by atoms with E-state index in [2.05, 4.69) is 5.32 Å². The van der Waals surface area contributed by atoms with Crippen LogP contribution in [-0.4, -0.2) is 64.4 Å². The molecule has 1 atom stereocenters. The second kappa shape index (κ2) is 12.1. The molecule has 4 rings (SSSR count). The van der Waals surface area contributed by atoms with Gasteiger partial charge in [0.1, 0.15) is 11.5 Å². The van der Waals surface area contributed by atoms with Crippen LogP contribution in [0.1, 0.15) is 15.2 Å². The number of hydrogen-bond donors (Lipinski definition) is 2. The molecule has 3 aromatic rings. The molecule has 0 spiro atoms. The minimum atomic E-state index is -3.83. The molecule has 39 heavy (non-hydrogen) atoms. The number of nitrogens with one attached hydrogen (secondary N) is 1. The first-order chi connectivity index (χ1) is 18.6. The van der Waals surface area contributed by atoms with Crippen molar-refractivity contribution in [3.8, 4) is 11.5 Å². The molecule has 1 aromatic heterocycles. The number of benzene rings is 2. The Morgan fingerprint density at radius 1 is 1.23 bits per heavy atom. The third-order valence-electron chi connectivity index (χ3n) is 5.97. The molecular formula is C25H26Cl2N4O6S2. The van der Waals surface area contributed by atoms with Crippen molar-refractivity contribution in [3.05, 3.63) is 68.3 Å². The number of sulfonamides is 1. The topological polar surface area (TPSA) is 131 Å². The zero-order chi connectivity index (χ0) is 28.3. The lowest BCUT2D eigenvalue weighted by atomic mass is 10.1. The molecule has 1 aliphatic heterocycles. The molecule has 1 unspecified atom stereocenters. The van der Waals surface area contributed by atoms with E-state index < -0.39 is 27.9 Å². The highest BCUT2D eigenvalue weighted by Crippen LogP contribution is 2.39. The standard InChI is InChI=1S/C25H26Cl2N4O6S2/c1-30(39(34,35)17-6-3-15(26)4-7-17)13-22-23(27)18(14-38-22)25(33)31-12-21(24(32)29-10-9-28)37-20-8-5-16(36-2)11-19(20)31/h3-8,11,14,21H,9-10,12-13,28H2,1-2H3,(H,29,32). The lowest BCUT2D eigenvalue weighted by Crippen LogP contribution is -2.51. The number of halogens is 2. The van der Waals surface area contributed by atoms with Crippen molar-refractivity contribution in [1.82, 2.24) is 9.62 Å². The van der Waals surface area contributed by atoms with E-state index in [1.54, 1.807) is 23.6 Å². The Hall–Kier alpha value is -2.87. The number of anilines is 1. The Kier molecular flexibility index (Phi) is 9.04. The summed E-state index contributed by atoms with van der Waals surface area (Å²) in [5.74, 6) is -0.0676. The van der Waals surface area contributed by atoms with Gasteiger partial charge in [-0.3, -0.25) is 9.59 Å². The van der Waals surface area contributed by atoms with E-state index in [1.807, 2.05) is 0 Å². The fourth-order valence-corrected chi connectivity index (χ4v) is 6.58. The fraction of sp³-hybridized carbons (Fsp3) is 0.280. The number of hydrogen-bond acceptors (Lipinski definition) is 8. The molecule has 208 valence electrons. The lowest BCUT2D eigenvalue weighted by molar-refractivity contribution is -0.127. The number of amides is 2. The second-order valence-corrected chi connectivity index (χ2v) is 12.4. The quantitative estimate of drug-likeness (QED) is 0.379. The molecule has 0 radical (unpaired) electrons. The fourth-order valence-electron chi connectivity index (χ4n) is 3.88. The Morgan fingerprint density at radius 3 is 2.62 bits per heavy atom. The largest absolute Gasteiger partial charge is 0.497 e. The van der Waals surface area contributed by atoms with Crippen molar-refractivity contribution >= 4 is 62.1 Å². The van der Waals surface area contributed by atoms with Crippen LogP contribution < -0.4 is 25.4 Å². The number of nitrogens with two attached hydrogens (primary N) is 1. The van der Waals surface area contributed by atoms with E-state index in [0.717, 1.165) is 15.6 Å². The van der Waals surface area contributed by atoms with Crippen LogP contribution in [0.25, 0.3) is 0 Å². The molecule has 0 saturated carbocycles. The number of thiophene rings is 1. The van der Waals surface area contributed by atoms with Crippen LogP contribution in [0.5, 0.6) is 11.5 Å². The number of ether oxygens (including phenoxy) is 2. The third-order valence-corrected chi connectivity index (χ3v) is 9.56. The molecule has 2 amide bonds. The molecule has 2 heterocycles. The Balaban J connectivity index is 1.61. The lowest BCUT2D eigenvalue weighted by Gasteiger charge is -2.34. The minimum Gasteiger partial charge on any atom is -0.497 e. The first kappa shape index (κ1) is 29.1. The number of nitrogens with zero attached hydrogens (tertiary/aromatic N) is 2. The van der Waals surface area contributed by atoms with E-state index in [0.29, 0.717) is 27.1 Å². The van der Waals surface area contributed by atoms with Crippen LogP contribution in [0.3, 0.4) is 0 Å². The summed E-state index contributed by atoms with van der Waals surface area (Å²) in [6.07, 6.45) is -0.978. The van der Waals surface area contributed by atoms with Crippen molar-refractivity contribution in [1.29, 1.82) is 0 Å². The smallest absolute Gasteiger partial charge is 0.263 e. The van der Waals surface area contributed by atoms with Gasteiger partial charge in [0.25, 0.3) is 11.8 Å². The van der Waals surface area contributed by atoms with Gasteiger partial charge in [-0.05, 0) is 36.4 Å². The van der Waals surface area contributed by atoms with Crippen LogP contribution in [0.2, 0.25) is 10.0 Å². The molecule has 3 N–H and O–H groups in total. The summed E-state index contributed by atoms with van der Waals surface area (Å²) in [7, 11) is -0.906. The van der Waals surface area contributed by atoms with Crippen molar-refractivity contribution in [2.75, 3.05) is 38.7 Å². The van der Waals surface area contributed by atoms with Crippen molar-refractivity contribution < 1.29 is 27.5 Å². The van der Waals surface area contributed by atoms with Gasteiger partial charge in [-0.25, -0.2) is 8.42 Å². The maximum atomic E-state index is 13.8. The van der Waals surface area contributed by atoms with Gasteiger partial charge < -0.3 is 25.4 Å². The van der Waals surface area contributed by atoms with E-state index >= 15 is 0 Å². The summed E-state index contributed by atoms with van der Waals surface area (Å²) in [6, 6.07) is 10.7. The highest BCUT2D eigenvalue weighted by molar-refractivity contribution is 7.89. The predicted molar refractivity (Wildman–Crippen MR) is 151 cm³/mol. The first-order valence-electron chi connectivity index (χ1n) is 11.7. The molecule has 2 aromatic carbocycles. The average Bonchev–Trinajstić information content (AvgIpc) is 3.29. The zero-order valence-electron chi connectivity index (χ0n) is 21.0. The van der Waals surface area contributed by atoms with Gasteiger partial charge in [0.05, 0.1) is 34.8 Å². The highest BCUT2D eigenvalue weighted by atomic mass is 35.5. The van der Waals surface area contributed by atoms with Crippen molar-refractivity contribution in [2.45, 2.75) is 17.5 Å². The summed E-state index contributed by atoms with van der Waals surface area (Å²) in [4.78, 5) is 28.4. The van der Waals surface area contributed by atoms with Gasteiger partial charge in [0, 0.05) is 48.0 Å². The molecule has 0 saturated heterocycles. The van der Waals surface area contributed by atoms with Gasteiger partial charge in [-0.2, -0.15) is 4.31 Å². The molecular weight excluding hydrogens is 587 g/mol. The van der Waals surface area contributed by atoms with Gasteiger partial charge in [0.2, 0.25) is 10.0 Å². The summed E-state index contributed by atoms with van der Waals surface area (Å²) < 4.78 is 38.4. The molecule has 0 fully saturated rings. The van der Waals surface area contributed by atoms with Gasteiger partial charge >= 0.3 is 0 Å². The van der Waals surface area contributed by atoms with Crippen molar-refractivity contribution in [2.24, 2.45) is 5.73 Å². The van der Waals surface area contributed by atoms with Crippen LogP contribution in [0, 0.1) is 0 Å². The van der Waals surface area contributed by atoms with Gasteiger partial charge in [-0.15, -0.1) is 11.3 Å². The van der Waals surface area contributed by atoms with Gasteiger partial charge in [0.15, 0.2) is 6.10 Å². The Labute approximate surface area is 240 Å². The van der Waals surface area contributed by atoms with Crippen LogP contribution >= 0.6 is 34.5 Å². The minimum absolute atomic E-state index is 0.0562. The normalized spacial score (nSPS) is 15.0. The van der Waals surface area contributed by atoms with Crippen LogP contribution in [0.15, 0.2) is 52.7 Å². The number of methoxy groups -OCH3 is 1. The Bertz CT molecular complexity index is 1480. The molecule has 0 aliphatic carbocycles. The molecule has 14 heteroatoms. The molecule has 1 aliphatic rings. The predicted octanol–water partition coefficient (Wildman–Crippen LogP) is 3.37. The summed E-state index contributed by atoms with van der Waals surface area (Å²) in [6.45, 7) is 0.375.